The minimum atomic E-state index is -2.61. The molecule has 1 fully saturated rings. The van der Waals surface area contributed by atoms with Crippen LogP contribution < -0.4 is 0 Å². The van der Waals surface area contributed by atoms with Gasteiger partial charge >= 0.3 is 0 Å². The largest absolute Gasteiger partial charge is 0.508 e. The molecule has 5 rings (SSSR count). The molecule has 0 heterocycles. The van der Waals surface area contributed by atoms with E-state index in [0.29, 0.717) is 12.0 Å². The number of aromatic hydroxyl groups is 1. The van der Waals surface area contributed by atoms with E-state index in [1.165, 1.54) is 11.1 Å². The third-order valence-corrected chi connectivity index (χ3v) is 11.3. The monoisotopic (exact) mass is 630 g/mol. The SMILES string of the molecule is CC(=O)C1=C(O)[C@]2(O)C(=O)C3=C(O)c4c(O)c(CCC5=CC(C(C)(C)C)=CC5)cc(C(C)C)c4C[C@]3(C)C[C@]2(C)C(C(C)C)C1=O. The van der Waals surface area contributed by atoms with Gasteiger partial charge in [-0.1, -0.05) is 86.1 Å². The summed E-state index contributed by atoms with van der Waals surface area (Å²) in [4.78, 5) is 41.0. The van der Waals surface area contributed by atoms with Crippen LogP contribution in [0.1, 0.15) is 117 Å². The van der Waals surface area contributed by atoms with Crippen LogP contribution in [0.2, 0.25) is 0 Å². The van der Waals surface area contributed by atoms with Crippen molar-refractivity contribution in [3.63, 3.8) is 0 Å². The maximum absolute atomic E-state index is 14.6. The van der Waals surface area contributed by atoms with Crippen LogP contribution in [-0.2, 0) is 27.2 Å². The molecule has 1 unspecified atom stereocenters. The smallest absolute Gasteiger partial charge is 0.203 e. The summed E-state index contributed by atoms with van der Waals surface area (Å²) in [6, 6.07) is 2.02. The number of hydrogen-bond acceptors (Lipinski definition) is 7. The minimum absolute atomic E-state index is 0.0440. The quantitative estimate of drug-likeness (QED) is 0.239. The molecule has 1 aromatic rings. The fourth-order valence-corrected chi connectivity index (χ4v) is 9.15. The van der Waals surface area contributed by atoms with Crippen molar-refractivity contribution in [2.45, 2.75) is 113 Å². The maximum atomic E-state index is 14.6. The van der Waals surface area contributed by atoms with Crippen LogP contribution in [-0.4, -0.2) is 43.4 Å². The van der Waals surface area contributed by atoms with Gasteiger partial charge in [0.2, 0.25) is 5.78 Å². The summed E-state index contributed by atoms with van der Waals surface area (Å²) in [6.45, 7) is 18.9. The van der Waals surface area contributed by atoms with E-state index in [-0.39, 0.29) is 47.0 Å². The first kappa shape index (κ1) is 33.9. The van der Waals surface area contributed by atoms with Gasteiger partial charge in [-0.3, -0.25) is 14.4 Å². The Kier molecular flexibility index (Phi) is 7.96. The van der Waals surface area contributed by atoms with Crippen molar-refractivity contribution in [2.24, 2.45) is 28.1 Å². The number of fused-ring (bicyclic) bond motifs is 3. The Hall–Kier alpha value is -3.45. The number of ketones is 3. The molecule has 0 spiro atoms. The Morgan fingerprint density at radius 3 is 2.20 bits per heavy atom. The van der Waals surface area contributed by atoms with Gasteiger partial charge in [0.15, 0.2) is 17.2 Å². The fraction of sp³-hybridized carbons (Fsp3) is 0.564. The Bertz CT molecular complexity index is 1690. The molecule has 4 aliphatic carbocycles. The topological polar surface area (TPSA) is 132 Å². The van der Waals surface area contributed by atoms with Gasteiger partial charge in [-0.2, -0.15) is 0 Å². The number of aliphatic hydroxyl groups excluding tert-OH is 2. The predicted molar refractivity (Wildman–Crippen MR) is 178 cm³/mol. The molecule has 7 nitrogen and oxygen atoms in total. The normalized spacial score (nSPS) is 29.6. The van der Waals surface area contributed by atoms with Crippen LogP contribution in [0.3, 0.4) is 0 Å². The van der Waals surface area contributed by atoms with Crippen molar-refractivity contribution in [3.8, 4) is 5.75 Å². The second-order valence-electron chi connectivity index (χ2n) is 16.4. The molecule has 0 aromatic heterocycles. The van der Waals surface area contributed by atoms with Gasteiger partial charge in [-0.25, -0.2) is 0 Å². The first-order valence-corrected chi connectivity index (χ1v) is 16.6. The third-order valence-electron chi connectivity index (χ3n) is 11.3. The molecular weight excluding hydrogens is 580 g/mol. The van der Waals surface area contributed by atoms with E-state index >= 15 is 0 Å². The van der Waals surface area contributed by atoms with E-state index in [9.17, 15) is 34.8 Å². The van der Waals surface area contributed by atoms with Crippen LogP contribution in [0.15, 0.2) is 46.3 Å². The Balaban J connectivity index is 1.68. The van der Waals surface area contributed by atoms with Gasteiger partial charge in [0.25, 0.3) is 0 Å². The molecular formula is C39H50O7. The lowest BCUT2D eigenvalue weighted by molar-refractivity contribution is -0.178. The zero-order valence-electron chi connectivity index (χ0n) is 29.0. The number of phenols is 1. The number of aryl methyl sites for hydroxylation is 1. The molecule has 4 aliphatic rings. The summed E-state index contributed by atoms with van der Waals surface area (Å²) >= 11 is 0. The number of rotatable bonds is 6. The van der Waals surface area contributed by atoms with Crippen molar-refractivity contribution < 1.29 is 34.8 Å². The molecule has 0 bridgehead atoms. The van der Waals surface area contributed by atoms with E-state index in [4.69, 9.17) is 0 Å². The van der Waals surface area contributed by atoms with Gasteiger partial charge in [0.1, 0.15) is 22.8 Å². The molecule has 1 saturated carbocycles. The van der Waals surface area contributed by atoms with Crippen molar-refractivity contribution in [1.82, 2.24) is 0 Å². The number of benzene rings is 1. The average molecular weight is 631 g/mol. The van der Waals surface area contributed by atoms with Gasteiger partial charge in [0.05, 0.1) is 5.56 Å². The van der Waals surface area contributed by atoms with Crippen LogP contribution in [0.5, 0.6) is 5.75 Å². The molecule has 4 N–H and O–H groups in total. The van der Waals surface area contributed by atoms with Crippen molar-refractivity contribution in [3.05, 3.63) is 68.5 Å². The molecule has 46 heavy (non-hydrogen) atoms. The number of Topliss-reactive ketones (excluding diaryl/α,β-unsaturated/α-hetero) is 3. The van der Waals surface area contributed by atoms with Crippen LogP contribution in [0, 0.1) is 28.1 Å². The number of aliphatic hydroxyl groups is 3. The summed E-state index contributed by atoms with van der Waals surface area (Å²) in [5.74, 6) is -4.96. The fourth-order valence-electron chi connectivity index (χ4n) is 9.15. The second-order valence-corrected chi connectivity index (χ2v) is 16.4. The van der Waals surface area contributed by atoms with Crippen molar-refractivity contribution in [1.29, 1.82) is 0 Å². The molecule has 1 aromatic carbocycles. The Labute approximate surface area is 272 Å². The highest BCUT2D eigenvalue weighted by atomic mass is 16.3. The summed E-state index contributed by atoms with van der Waals surface area (Å²) in [5.41, 5.74) is -0.609. The molecule has 0 amide bonds. The third kappa shape index (κ3) is 4.67. The number of phenolic OH excluding ortho intramolecular Hbond substituents is 1. The van der Waals surface area contributed by atoms with E-state index in [1.54, 1.807) is 20.8 Å². The molecule has 248 valence electrons. The van der Waals surface area contributed by atoms with Crippen molar-refractivity contribution in [2.75, 3.05) is 0 Å². The summed E-state index contributed by atoms with van der Waals surface area (Å²) in [7, 11) is 0. The van der Waals surface area contributed by atoms with Gasteiger partial charge in [0, 0.05) is 22.3 Å². The zero-order chi connectivity index (χ0) is 34.5. The highest BCUT2D eigenvalue weighted by molar-refractivity contribution is 6.24. The van der Waals surface area contributed by atoms with E-state index < -0.39 is 56.8 Å². The first-order valence-electron chi connectivity index (χ1n) is 16.6. The van der Waals surface area contributed by atoms with Crippen LogP contribution >= 0.6 is 0 Å². The highest BCUT2D eigenvalue weighted by Gasteiger charge is 2.72. The number of carbonyl (C=O) groups is 3. The number of carbonyl (C=O) groups excluding carboxylic acids is 3. The predicted octanol–water partition coefficient (Wildman–Crippen LogP) is 7.55. The summed E-state index contributed by atoms with van der Waals surface area (Å²) < 4.78 is 0. The first-order chi connectivity index (χ1) is 21.1. The minimum Gasteiger partial charge on any atom is -0.508 e. The molecule has 0 aliphatic heterocycles. The van der Waals surface area contributed by atoms with E-state index in [1.807, 2.05) is 13.0 Å². The molecule has 0 radical (unpaired) electrons. The average Bonchev–Trinajstić information content (AvgIpc) is 3.39. The lowest BCUT2D eigenvalue weighted by atomic mass is 9.43. The van der Waals surface area contributed by atoms with Crippen LogP contribution in [0.25, 0.3) is 5.76 Å². The number of allylic oxidation sites excluding steroid dienone is 5. The zero-order valence-corrected chi connectivity index (χ0v) is 29.0. The van der Waals surface area contributed by atoms with Gasteiger partial charge in [-0.05, 0) is 78.5 Å². The Morgan fingerprint density at radius 2 is 1.67 bits per heavy atom. The lowest BCUT2D eigenvalue weighted by Gasteiger charge is -2.60. The summed E-state index contributed by atoms with van der Waals surface area (Å²) in [6.07, 6.45) is 6.97. The Morgan fingerprint density at radius 1 is 1.04 bits per heavy atom. The highest BCUT2D eigenvalue weighted by Crippen LogP contribution is 2.65. The summed E-state index contributed by atoms with van der Waals surface area (Å²) in [5, 5.41) is 47.5. The molecule has 7 heteroatoms. The van der Waals surface area contributed by atoms with Crippen molar-refractivity contribution >= 4 is 23.1 Å². The second kappa shape index (κ2) is 10.8. The molecule has 4 atom stereocenters. The molecule has 0 saturated heterocycles. The van der Waals surface area contributed by atoms with Crippen LogP contribution in [0.4, 0.5) is 0 Å². The van der Waals surface area contributed by atoms with E-state index in [0.717, 1.165) is 30.9 Å². The maximum Gasteiger partial charge on any atom is 0.203 e. The van der Waals surface area contributed by atoms with Gasteiger partial charge in [-0.15, -0.1) is 0 Å². The number of hydrogen-bond donors (Lipinski definition) is 4. The lowest BCUT2D eigenvalue weighted by Crippen LogP contribution is -2.69. The van der Waals surface area contributed by atoms with E-state index in [2.05, 4.69) is 46.8 Å². The standard InChI is InChI=1S/C39H50O7/c1-19(2)25-16-23(13-11-22-12-14-24(15-22)36(6,7)8)31(41)28-26(25)17-37(9)18-38(10)29(20(3)4)32(42)27(21(5)40)34(44)39(38,46)35(45)30(37)33(28)43/h14-16,19-20,29,41,43-44,46H,11-13,17-18H2,1-10H3/t29?,37-,38-,39+/m1/s1. The van der Waals surface area contributed by atoms with Gasteiger partial charge < -0.3 is 20.4 Å².